The van der Waals surface area contributed by atoms with E-state index in [9.17, 15) is 8.42 Å². The summed E-state index contributed by atoms with van der Waals surface area (Å²) >= 11 is 0. The maximum Gasteiger partial charge on any atom is 0.220 e. The quantitative estimate of drug-likeness (QED) is 0.712. The molecule has 0 spiro atoms. The van der Waals surface area contributed by atoms with Crippen LogP contribution in [0.15, 0.2) is 41.2 Å². The number of sulfonamides is 1. The average molecular weight is 333 g/mol. The summed E-state index contributed by atoms with van der Waals surface area (Å²) in [4.78, 5) is 1.57. The molecule has 0 aliphatic carbocycles. The van der Waals surface area contributed by atoms with Gasteiger partial charge in [0.05, 0.1) is 18.4 Å². The van der Waals surface area contributed by atoms with Crippen molar-refractivity contribution in [1.29, 1.82) is 0 Å². The topological polar surface area (TPSA) is 94.1 Å². The van der Waals surface area contributed by atoms with Gasteiger partial charge in [-0.1, -0.05) is 17.3 Å². The monoisotopic (exact) mass is 333 g/mol. The van der Waals surface area contributed by atoms with Gasteiger partial charge >= 0.3 is 0 Å². The molecule has 4 rings (SSSR count). The third-order valence-electron chi connectivity index (χ3n) is 4.05. The van der Waals surface area contributed by atoms with Gasteiger partial charge < -0.3 is 4.52 Å². The second-order valence-corrected chi connectivity index (χ2v) is 7.50. The summed E-state index contributed by atoms with van der Waals surface area (Å²) < 4.78 is 32.0. The highest BCUT2D eigenvalue weighted by molar-refractivity contribution is 7.88. The third-order valence-corrected chi connectivity index (χ3v) is 5.81. The van der Waals surface area contributed by atoms with Crippen LogP contribution in [0.2, 0.25) is 0 Å². The molecule has 1 aliphatic heterocycles. The summed E-state index contributed by atoms with van der Waals surface area (Å²) in [6.07, 6.45) is 3.89. The lowest BCUT2D eigenvalue weighted by atomic mass is 10.2. The first-order valence-electron chi connectivity index (χ1n) is 7.30. The molecule has 0 saturated carbocycles. The Morgan fingerprint density at radius 1 is 1.22 bits per heavy atom. The fourth-order valence-corrected chi connectivity index (χ4v) is 4.39. The SMILES string of the molecule is O=S(=O)(Cc1noc2ccccc12)N1CCC(n2nccn2)C1. The number of aromatic nitrogens is 4. The van der Waals surface area contributed by atoms with Gasteiger partial charge in [-0.05, 0) is 18.6 Å². The molecule has 0 bridgehead atoms. The summed E-state index contributed by atoms with van der Waals surface area (Å²) in [7, 11) is -3.46. The fraction of sp³-hybridized carbons (Fsp3) is 0.357. The van der Waals surface area contributed by atoms with E-state index in [1.165, 1.54) is 4.31 Å². The summed E-state index contributed by atoms with van der Waals surface area (Å²) in [5.41, 5.74) is 1.04. The molecule has 23 heavy (non-hydrogen) atoms. The zero-order chi connectivity index (χ0) is 15.9. The van der Waals surface area contributed by atoms with E-state index in [4.69, 9.17) is 4.52 Å². The van der Waals surface area contributed by atoms with Crippen LogP contribution in [0, 0.1) is 0 Å². The molecule has 1 aliphatic rings. The lowest BCUT2D eigenvalue weighted by Crippen LogP contribution is -2.30. The van der Waals surface area contributed by atoms with Crippen molar-refractivity contribution < 1.29 is 12.9 Å². The van der Waals surface area contributed by atoms with Crippen LogP contribution in [0.25, 0.3) is 11.0 Å². The number of hydrogen-bond donors (Lipinski definition) is 0. The molecule has 1 saturated heterocycles. The van der Waals surface area contributed by atoms with E-state index in [1.54, 1.807) is 23.3 Å². The van der Waals surface area contributed by atoms with Crippen LogP contribution < -0.4 is 0 Å². The Kier molecular flexibility index (Phi) is 3.38. The highest BCUT2D eigenvalue weighted by atomic mass is 32.2. The third kappa shape index (κ3) is 2.62. The van der Waals surface area contributed by atoms with Crippen LogP contribution in [0.4, 0.5) is 0 Å². The van der Waals surface area contributed by atoms with Gasteiger partial charge in [0, 0.05) is 18.5 Å². The van der Waals surface area contributed by atoms with Crippen LogP contribution in [0.1, 0.15) is 18.2 Å². The first kappa shape index (κ1) is 14.3. The van der Waals surface area contributed by atoms with Crippen LogP contribution in [0.5, 0.6) is 0 Å². The van der Waals surface area contributed by atoms with Crippen molar-refractivity contribution >= 4 is 21.0 Å². The predicted molar refractivity (Wildman–Crippen MR) is 81.9 cm³/mol. The van der Waals surface area contributed by atoms with Crippen molar-refractivity contribution in [1.82, 2.24) is 24.5 Å². The molecule has 120 valence electrons. The molecule has 0 radical (unpaired) electrons. The van der Waals surface area contributed by atoms with Gasteiger partial charge in [0.2, 0.25) is 10.0 Å². The van der Waals surface area contributed by atoms with E-state index in [0.717, 1.165) is 5.39 Å². The lowest BCUT2D eigenvalue weighted by Gasteiger charge is -2.15. The molecule has 8 nitrogen and oxygen atoms in total. The summed E-state index contributed by atoms with van der Waals surface area (Å²) in [6.45, 7) is 0.844. The van der Waals surface area contributed by atoms with Crippen molar-refractivity contribution in [3.8, 4) is 0 Å². The fourth-order valence-electron chi connectivity index (χ4n) is 2.87. The number of para-hydroxylation sites is 1. The van der Waals surface area contributed by atoms with E-state index in [1.807, 2.05) is 18.2 Å². The Morgan fingerprint density at radius 3 is 2.83 bits per heavy atom. The number of rotatable bonds is 4. The van der Waals surface area contributed by atoms with Crippen LogP contribution in [-0.2, 0) is 15.8 Å². The molecule has 0 amide bonds. The number of hydrogen-bond acceptors (Lipinski definition) is 6. The maximum atomic E-state index is 12.7. The Morgan fingerprint density at radius 2 is 2.00 bits per heavy atom. The van der Waals surface area contributed by atoms with Crippen molar-refractivity contribution in [2.24, 2.45) is 0 Å². The molecule has 1 aromatic carbocycles. The first-order valence-corrected chi connectivity index (χ1v) is 8.91. The van der Waals surface area contributed by atoms with Crippen molar-refractivity contribution in [3.63, 3.8) is 0 Å². The van der Waals surface area contributed by atoms with Gasteiger partial charge in [-0.15, -0.1) is 0 Å². The van der Waals surface area contributed by atoms with E-state index in [2.05, 4.69) is 15.4 Å². The van der Waals surface area contributed by atoms with E-state index >= 15 is 0 Å². The minimum Gasteiger partial charge on any atom is -0.356 e. The molecule has 3 aromatic rings. The molecule has 3 heterocycles. The van der Waals surface area contributed by atoms with E-state index < -0.39 is 10.0 Å². The second-order valence-electron chi connectivity index (χ2n) is 5.53. The highest BCUT2D eigenvalue weighted by Gasteiger charge is 2.34. The van der Waals surface area contributed by atoms with Crippen molar-refractivity contribution in [2.45, 2.75) is 18.2 Å². The molecular formula is C14H15N5O3S. The minimum atomic E-state index is -3.46. The van der Waals surface area contributed by atoms with Gasteiger partial charge in [0.1, 0.15) is 11.4 Å². The largest absolute Gasteiger partial charge is 0.356 e. The Balaban J connectivity index is 1.54. The smallest absolute Gasteiger partial charge is 0.220 e. The van der Waals surface area contributed by atoms with Gasteiger partial charge in [0.25, 0.3) is 0 Å². The van der Waals surface area contributed by atoms with Crippen molar-refractivity contribution in [2.75, 3.05) is 13.1 Å². The van der Waals surface area contributed by atoms with Gasteiger partial charge in [-0.2, -0.15) is 19.3 Å². The zero-order valence-corrected chi connectivity index (χ0v) is 13.1. The van der Waals surface area contributed by atoms with E-state index in [-0.39, 0.29) is 11.8 Å². The molecule has 2 aromatic heterocycles. The molecular weight excluding hydrogens is 318 g/mol. The summed E-state index contributed by atoms with van der Waals surface area (Å²) in [5.74, 6) is -0.163. The highest BCUT2D eigenvalue weighted by Crippen LogP contribution is 2.26. The normalized spacial score (nSPS) is 19.6. The summed E-state index contributed by atoms with van der Waals surface area (Å²) in [5, 5.41) is 12.8. The van der Waals surface area contributed by atoms with Crippen molar-refractivity contribution in [3.05, 3.63) is 42.4 Å². The molecule has 1 unspecified atom stereocenters. The Bertz CT molecular complexity index is 919. The van der Waals surface area contributed by atoms with Gasteiger partial charge in [-0.25, -0.2) is 8.42 Å². The van der Waals surface area contributed by atoms with Gasteiger partial charge in [0.15, 0.2) is 5.58 Å². The zero-order valence-electron chi connectivity index (χ0n) is 12.2. The molecule has 0 N–H and O–H groups in total. The standard InChI is InChI=1S/C14H15N5O3S/c20-23(21,10-13-12-3-1-2-4-14(12)22-17-13)18-8-5-11(9-18)19-15-6-7-16-19/h1-4,6-7,11H,5,8-10H2. The number of nitrogens with zero attached hydrogens (tertiary/aromatic N) is 5. The van der Waals surface area contributed by atoms with Gasteiger partial charge in [-0.3, -0.25) is 0 Å². The first-order chi connectivity index (χ1) is 11.1. The minimum absolute atomic E-state index is 0.0196. The molecule has 1 fully saturated rings. The second kappa shape index (κ2) is 5.43. The Hall–Kier alpha value is -2.26. The van der Waals surface area contributed by atoms with Crippen LogP contribution >= 0.6 is 0 Å². The van der Waals surface area contributed by atoms with Crippen LogP contribution in [-0.4, -0.2) is 46.0 Å². The maximum absolute atomic E-state index is 12.7. The Labute approximate surface area is 132 Å². The molecule has 9 heteroatoms. The van der Waals surface area contributed by atoms with E-state index in [0.29, 0.717) is 30.8 Å². The van der Waals surface area contributed by atoms with Crippen LogP contribution in [0.3, 0.4) is 0 Å². The predicted octanol–water partition coefficient (Wildman–Crippen LogP) is 1.20. The summed E-state index contributed by atoms with van der Waals surface area (Å²) in [6, 6.07) is 7.23. The number of fused-ring (bicyclic) bond motifs is 1. The number of benzene rings is 1. The average Bonchev–Trinajstić information content (AvgIpc) is 3.28. The molecule has 1 atom stereocenters. The lowest BCUT2D eigenvalue weighted by molar-refractivity contribution is 0.401.